The molecule has 6 heteroatoms. The third-order valence-corrected chi connectivity index (χ3v) is 11.3. The maximum atomic E-state index is 5.18. The molecule has 0 aliphatic carbocycles. The lowest BCUT2D eigenvalue weighted by Gasteiger charge is -2.10. The highest BCUT2D eigenvalue weighted by Crippen LogP contribution is 2.43. The number of thiophene rings is 1. The van der Waals surface area contributed by atoms with Crippen molar-refractivity contribution in [2.24, 2.45) is 0 Å². The van der Waals surface area contributed by atoms with Crippen LogP contribution >= 0.6 is 22.7 Å². The second-order valence-electron chi connectivity index (χ2n) is 12.3. The minimum absolute atomic E-state index is 0.647. The molecule has 0 atom stereocenters. The van der Waals surface area contributed by atoms with Crippen molar-refractivity contribution >= 4 is 63.8 Å². The summed E-state index contributed by atoms with van der Waals surface area (Å²) in [6.07, 6.45) is 0. The predicted molar refractivity (Wildman–Crippen MR) is 211 cm³/mol. The molecule has 0 aliphatic heterocycles. The molecule has 234 valence electrons. The van der Waals surface area contributed by atoms with Crippen LogP contribution in [-0.2, 0) is 0 Å². The van der Waals surface area contributed by atoms with Gasteiger partial charge >= 0.3 is 0 Å². The molecule has 0 saturated heterocycles. The first-order chi connectivity index (χ1) is 24.7. The highest BCUT2D eigenvalue weighted by molar-refractivity contribution is 7.26. The maximum absolute atomic E-state index is 5.18. The first kappa shape index (κ1) is 28.9. The molecule has 0 amide bonds. The van der Waals surface area contributed by atoms with E-state index in [0.29, 0.717) is 17.5 Å². The minimum Gasteiger partial charge on any atom is -0.236 e. The van der Waals surface area contributed by atoms with Crippen molar-refractivity contribution < 1.29 is 0 Å². The summed E-state index contributed by atoms with van der Waals surface area (Å²) in [5.74, 6) is 1.95. The number of hydrogen-bond acceptors (Lipinski definition) is 6. The number of thiazole rings is 1. The fourth-order valence-corrected chi connectivity index (χ4v) is 8.89. The zero-order valence-corrected chi connectivity index (χ0v) is 28.2. The normalized spacial score (nSPS) is 11.6. The van der Waals surface area contributed by atoms with Gasteiger partial charge in [0.15, 0.2) is 17.5 Å². The monoisotopic (exact) mass is 674 g/mol. The average Bonchev–Trinajstić information content (AvgIpc) is 3.78. The van der Waals surface area contributed by atoms with Crippen LogP contribution in [0.25, 0.3) is 97.0 Å². The van der Waals surface area contributed by atoms with Gasteiger partial charge in [0.1, 0.15) is 5.01 Å². The van der Waals surface area contributed by atoms with Crippen LogP contribution in [0.5, 0.6) is 0 Å². The summed E-state index contributed by atoms with van der Waals surface area (Å²) in [5.41, 5.74) is 7.43. The molecule has 50 heavy (non-hydrogen) atoms. The zero-order valence-electron chi connectivity index (χ0n) is 26.6. The van der Waals surface area contributed by atoms with Crippen LogP contribution in [0.15, 0.2) is 158 Å². The number of hydrogen-bond donors (Lipinski definition) is 0. The Balaban J connectivity index is 1.14. The molecule has 10 aromatic rings. The minimum atomic E-state index is 0.647. The summed E-state index contributed by atoms with van der Waals surface area (Å²) in [5, 5.41) is 5.65. The van der Waals surface area contributed by atoms with Gasteiger partial charge in [-0.05, 0) is 52.2 Å². The molecule has 7 aromatic carbocycles. The van der Waals surface area contributed by atoms with Crippen LogP contribution in [0, 0.1) is 0 Å². The van der Waals surface area contributed by atoms with Crippen molar-refractivity contribution in [3.05, 3.63) is 158 Å². The summed E-state index contributed by atoms with van der Waals surface area (Å²) in [4.78, 5) is 20.4. The Morgan fingerprint density at radius 1 is 0.360 bits per heavy atom. The highest BCUT2D eigenvalue weighted by Gasteiger charge is 2.18. The van der Waals surface area contributed by atoms with Crippen molar-refractivity contribution in [1.82, 2.24) is 19.9 Å². The first-order valence-electron chi connectivity index (χ1n) is 16.5. The molecule has 0 fully saturated rings. The van der Waals surface area contributed by atoms with Gasteiger partial charge in [0.25, 0.3) is 0 Å². The van der Waals surface area contributed by atoms with Crippen molar-refractivity contribution in [2.45, 2.75) is 0 Å². The molecule has 0 N–H and O–H groups in total. The van der Waals surface area contributed by atoms with Crippen LogP contribution in [0.2, 0.25) is 0 Å². The smallest absolute Gasteiger partial charge is 0.164 e. The van der Waals surface area contributed by atoms with E-state index in [9.17, 15) is 0 Å². The van der Waals surface area contributed by atoms with Crippen LogP contribution < -0.4 is 0 Å². The topological polar surface area (TPSA) is 51.6 Å². The van der Waals surface area contributed by atoms with Gasteiger partial charge in [0.2, 0.25) is 0 Å². The molecule has 10 rings (SSSR count). The molecule has 3 aromatic heterocycles. The third-order valence-electron chi connectivity index (χ3n) is 9.14. The molecule has 0 spiro atoms. The van der Waals surface area contributed by atoms with Gasteiger partial charge in [-0.25, -0.2) is 19.9 Å². The number of rotatable bonds is 5. The Morgan fingerprint density at radius 3 is 1.72 bits per heavy atom. The van der Waals surface area contributed by atoms with E-state index in [1.165, 1.54) is 36.0 Å². The van der Waals surface area contributed by atoms with Crippen LogP contribution in [-0.4, -0.2) is 19.9 Å². The SMILES string of the molecule is c1ccc(-c2ccc3cc(-c4nc(-c5ccccc5)nc(-c5cccc6sc7cc8sc(-c9ccccc9)nc8cc7c56)n4)ccc3c2)cc1. The predicted octanol–water partition coefficient (Wildman–Crippen LogP) is 12.3. The summed E-state index contributed by atoms with van der Waals surface area (Å²) in [6.45, 7) is 0. The zero-order chi connectivity index (χ0) is 33.0. The standard InChI is InChI=1S/C44H26N4S2/c1-4-11-27(12-5-1)30-19-20-32-24-33(22-21-31(32)23-30)42-46-41(28-13-6-2-7-14-28)47-43(48-42)34-17-10-18-37-40(34)35-25-36-39(26-38(35)49-37)50-44(45-36)29-15-8-3-9-16-29/h1-26H. The van der Waals surface area contributed by atoms with Crippen molar-refractivity contribution in [2.75, 3.05) is 0 Å². The molecule has 0 saturated carbocycles. The summed E-state index contributed by atoms with van der Waals surface area (Å²) in [6, 6.07) is 55.1. The summed E-state index contributed by atoms with van der Waals surface area (Å²) >= 11 is 3.54. The van der Waals surface area contributed by atoms with Crippen molar-refractivity contribution in [3.8, 4) is 55.9 Å². The van der Waals surface area contributed by atoms with Gasteiger partial charge in [0.05, 0.1) is 10.2 Å². The lowest BCUT2D eigenvalue weighted by atomic mass is 10.00. The maximum Gasteiger partial charge on any atom is 0.164 e. The third kappa shape index (κ3) is 5.05. The van der Waals surface area contributed by atoms with Crippen LogP contribution in [0.1, 0.15) is 0 Å². The van der Waals surface area contributed by atoms with E-state index in [2.05, 4.69) is 127 Å². The van der Waals surface area contributed by atoms with Crippen molar-refractivity contribution in [1.29, 1.82) is 0 Å². The van der Waals surface area contributed by atoms with E-state index >= 15 is 0 Å². The Morgan fingerprint density at radius 2 is 0.980 bits per heavy atom. The molecule has 0 unspecified atom stereocenters. The molecular weight excluding hydrogens is 649 g/mol. The second kappa shape index (κ2) is 11.8. The van der Waals surface area contributed by atoms with Crippen LogP contribution in [0.4, 0.5) is 0 Å². The van der Waals surface area contributed by atoms with Gasteiger partial charge in [-0.1, -0.05) is 127 Å². The lowest BCUT2D eigenvalue weighted by molar-refractivity contribution is 1.08. The first-order valence-corrected chi connectivity index (χ1v) is 18.1. The van der Waals surface area contributed by atoms with E-state index in [1.807, 2.05) is 30.3 Å². The largest absolute Gasteiger partial charge is 0.236 e. The van der Waals surface area contributed by atoms with E-state index in [-0.39, 0.29) is 0 Å². The average molecular weight is 675 g/mol. The molecular formula is C44H26N4S2. The van der Waals surface area contributed by atoms with Gasteiger partial charge in [-0.2, -0.15) is 0 Å². The van der Waals surface area contributed by atoms with Crippen LogP contribution in [0.3, 0.4) is 0 Å². The number of aromatic nitrogens is 4. The number of fused-ring (bicyclic) bond motifs is 5. The van der Waals surface area contributed by atoms with Crippen molar-refractivity contribution in [3.63, 3.8) is 0 Å². The Labute approximate surface area is 296 Å². The molecule has 0 aliphatic rings. The number of benzene rings is 7. The second-order valence-corrected chi connectivity index (χ2v) is 14.4. The highest BCUT2D eigenvalue weighted by atomic mass is 32.1. The van der Waals surface area contributed by atoms with E-state index < -0.39 is 0 Å². The van der Waals surface area contributed by atoms with E-state index in [1.54, 1.807) is 22.7 Å². The van der Waals surface area contributed by atoms with Gasteiger partial charge in [-0.15, -0.1) is 22.7 Å². The number of nitrogens with zero attached hydrogens (tertiary/aromatic N) is 4. The molecule has 3 heterocycles. The Bertz CT molecular complexity index is 2860. The summed E-state index contributed by atoms with van der Waals surface area (Å²) < 4.78 is 3.61. The Kier molecular flexibility index (Phi) is 6.82. The fourth-order valence-electron chi connectivity index (χ4n) is 6.67. The van der Waals surface area contributed by atoms with E-state index in [0.717, 1.165) is 43.6 Å². The van der Waals surface area contributed by atoms with Gasteiger partial charge in [-0.3, -0.25) is 0 Å². The quantitative estimate of drug-likeness (QED) is 0.182. The van der Waals surface area contributed by atoms with Gasteiger partial charge in [0, 0.05) is 42.4 Å². The van der Waals surface area contributed by atoms with Gasteiger partial charge < -0.3 is 0 Å². The fraction of sp³-hybridized carbons (Fsp3) is 0. The molecule has 0 bridgehead atoms. The Hall–Kier alpha value is -6.08. The van der Waals surface area contributed by atoms with E-state index in [4.69, 9.17) is 19.9 Å². The molecule has 0 radical (unpaired) electrons. The molecule has 4 nitrogen and oxygen atoms in total. The lowest BCUT2D eigenvalue weighted by Crippen LogP contribution is -2.00. The summed E-state index contributed by atoms with van der Waals surface area (Å²) in [7, 11) is 0.